The zero-order chi connectivity index (χ0) is 16.4. The van der Waals surface area contributed by atoms with Crippen LogP contribution in [-0.4, -0.2) is 22.3 Å². The number of hydrogen-bond donors (Lipinski definition) is 2. The Bertz CT molecular complexity index is 816. The molecule has 3 aromatic rings. The van der Waals surface area contributed by atoms with Crippen molar-refractivity contribution in [2.24, 2.45) is 12.8 Å². The van der Waals surface area contributed by atoms with Gasteiger partial charge in [-0.3, -0.25) is 0 Å². The van der Waals surface area contributed by atoms with Gasteiger partial charge < -0.3 is 20.1 Å². The van der Waals surface area contributed by atoms with Gasteiger partial charge in [-0.05, 0) is 36.8 Å². The number of rotatable bonds is 5. The first-order valence-corrected chi connectivity index (χ1v) is 7.84. The molecule has 0 fully saturated rings. The molecule has 0 bridgehead atoms. The Morgan fingerprint density at radius 2 is 1.83 bits per heavy atom. The van der Waals surface area contributed by atoms with E-state index in [2.05, 4.69) is 0 Å². The van der Waals surface area contributed by atoms with Crippen LogP contribution in [0.25, 0.3) is 10.9 Å². The topological polar surface area (TPSA) is 60.4 Å². The van der Waals surface area contributed by atoms with Crippen LogP contribution >= 0.6 is 24.0 Å². The molecule has 0 saturated carbocycles. The number of fused-ring (bicyclic) bond motifs is 1. The van der Waals surface area contributed by atoms with Gasteiger partial charge in [0.2, 0.25) is 5.88 Å². The first kappa shape index (κ1) is 18.6. The molecule has 4 nitrogen and oxygen atoms in total. The van der Waals surface area contributed by atoms with Crippen molar-refractivity contribution in [2.75, 3.05) is 6.61 Å². The molecule has 0 spiro atoms. The number of benzene rings is 2. The van der Waals surface area contributed by atoms with E-state index in [9.17, 15) is 5.11 Å². The van der Waals surface area contributed by atoms with Crippen LogP contribution in [0.15, 0.2) is 48.5 Å². The van der Waals surface area contributed by atoms with Crippen LogP contribution in [0.3, 0.4) is 0 Å². The molecule has 0 aliphatic rings. The van der Waals surface area contributed by atoms with Gasteiger partial charge >= 0.3 is 0 Å². The third-order valence-corrected chi connectivity index (χ3v) is 4.13. The van der Waals surface area contributed by atoms with E-state index < -0.39 is 0 Å². The molecule has 3 N–H and O–H groups in total. The summed E-state index contributed by atoms with van der Waals surface area (Å²) in [4.78, 5) is 0. The summed E-state index contributed by atoms with van der Waals surface area (Å²) >= 11 is 5.92. The second-order valence-electron chi connectivity index (χ2n) is 5.56. The summed E-state index contributed by atoms with van der Waals surface area (Å²) in [6, 6.07) is 15.0. The van der Waals surface area contributed by atoms with Crippen molar-refractivity contribution < 1.29 is 9.84 Å². The van der Waals surface area contributed by atoms with Crippen LogP contribution in [-0.2, 0) is 13.5 Å². The minimum absolute atomic E-state index is 0. The lowest BCUT2D eigenvalue weighted by Gasteiger charge is -2.12. The summed E-state index contributed by atoms with van der Waals surface area (Å²) in [5, 5.41) is 11.0. The van der Waals surface area contributed by atoms with E-state index in [1.165, 1.54) is 0 Å². The van der Waals surface area contributed by atoms with Gasteiger partial charge in [-0.25, -0.2) is 0 Å². The molecule has 0 aliphatic carbocycles. The van der Waals surface area contributed by atoms with E-state index in [0.29, 0.717) is 17.2 Å². The predicted molar refractivity (Wildman–Crippen MR) is 100 cm³/mol. The second kappa shape index (κ2) is 7.90. The number of nitrogens with zero attached hydrogens (tertiary/aromatic N) is 1. The lowest BCUT2D eigenvalue weighted by atomic mass is 10.1. The third kappa shape index (κ3) is 3.68. The fourth-order valence-corrected chi connectivity index (χ4v) is 2.84. The maximum atomic E-state index is 9.30. The Hall–Kier alpha value is -1.72. The molecular formula is C18H20Cl2N2O2. The molecule has 0 saturated heterocycles. The SMILES string of the molecule is Cl.Cn1c(Oc2ccc(Cl)cc2)c(CC(N)CO)c2ccccc21. The van der Waals surface area contributed by atoms with Crippen molar-refractivity contribution >= 4 is 34.9 Å². The average Bonchev–Trinajstić information content (AvgIpc) is 2.83. The Morgan fingerprint density at radius 3 is 2.50 bits per heavy atom. The van der Waals surface area contributed by atoms with Crippen molar-refractivity contribution in [3.8, 4) is 11.6 Å². The van der Waals surface area contributed by atoms with Crippen molar-refractivity contribution in [1.82, 2.24) is 4.57 Å². The smallest absolute Gasteiger partial charge is 0.204 e. The van der Waals surface area contributed by atoms with Crippen LogP contribution in [0, 0.1) is 0 Å². The number of ether oxygens (including phenoxy) is 1. The van der Waals surface area contributed by atoms with E-state index in [4.69, 9.17) is 22.1 Å². The normalized spacial score (nSPS) is 12.0. The van der Waals surface area contributed by atoms with Crippen molar-refractivity contribution in [2.45, 2.75) is 12.5 Å². The van der Waals surface area contributed by atoms with Gasteiger partial charge in [0.25, 0.3) is 0 Å². The van der Waals surface area contributed by atoms with Gasteiger partial charge in [-0.15, -0.1) is 12.4 Å². The summed E-state index contributed by atoms with van der Waals surface area (Å²) in [5.41, 5.74) is 8.02. The molecule has 3 rings (SSSR count). The molecule has 2 aromatic carbocycles. The molecule has 1 unspecified atom stereocenters. The van der Waals surface area contributed by atoms with Crippen LogP contribution < -0.4 is 10.5 Å². The van der Waals surface area contributed by atoms with E-state index >= 15 is 0 Å². The number of aliphatic hydroxyl groups is 1. The van der Waals surface area contributed by atoms with Gasteiger partial charge in [0.15, 0.2) is 0 Å². The number of hydrogen-bond acceptors (Lipinski definition) is 3. The minimum atomic E-state index is -0.326. The van der Waals surface area contributed by atoms with Crippen LogP contribution in [0.5, 0.6) is 11.6 Å². The third-order valence-electron chi connectivity index (χ3n) is 3.88. The number of halogens is 2. The Labute approximate surface area is 152 Å². The van der Waals surface area contributed by atoms with Crippen LogP contribution in [0.4, 0.5) is 0 Å². The summed E-state index contributed by atoms with van der Waals surface area (Å²) in [5.74, 6) is 1.44. The Kier molecular flexibility index (Phi) is 6.13. The van der Waals surface area contributed by atoms with E-state index in [0.717, 1.165) is 22.3 Å². The van der Waals surface area contributed by atoms with Gasteiger partial charge in [-0.1, -0.05) is 29.8 Å². The highest BCUT2D eigenvalue weighted by Gasteiger charge is 2.19. The fourth-order valence-electron chi connectivity index (χ4n) is 2.72. The Balaban J connectivity index is 0.00000208. The zero-order valence-corrected chi connectivity index (χ0v) is 14.8. The Morgan fingerprint density at radius 1 is 1.17 bits per heavy atom. The second-order valence-corrected chi connectivity index (χ2v) is 6.00. The van der Waals surface area contributed by atoms with Gasteiger partial charge in [-0.2, -0.15) is 0 Å². The molecule has 0 aliphatic heterocycles. The maximum absolute atomic E-state index is 9.30. The highest BCUT2D eigenvalue weighted by Crippen LogP contribution is 2.35. The summed E-state index contributed by atoms with van der Waals surface area (Å²) in [6.07, 6.45) is 0.542. The van der Waals surface area contributed by atoms with Crippen LogP contribution in [0.1, 0.15) is 5.56 Å². The standard InChI is InChI=1S/C18H19ClN2O2.ClH/c1-21-17-5-3-2-4-15(17)16(10-13(20)11-22)18(21)23-14-8-6-12(19)7-9-14;/h2-9,13,22H,10-11,20H2,1H3;1H. The predicted octanol–water partition coefficient (Wildman–Crippen LogP) is 3.91. The minimum Gasteiger partial charge on any atom is -0.441 e. The first-order chi connectivity index (χ1) is 11.1. The maximum Gasteiger partial charge on any atom is 0.204 e. The first-order valence-electron chi connectivity index (χ1n) is 7.46. The molecule has 0 radical (unpaired) electrons. The van der Waals surface area contributed by atoms with Gasteiger partial charge in [0.1, 0.15) is 5.75 Å². The molecule has 1 aromatic heterocycles. The monoisotopic (exact) mass is 366 g/mol. The number of para-hydroxylation sites is 1. The molecule has 1 heterocycles. The molecular weight excluding hydrogens is 347 g/mol. The van der Waals surface area contributed by atoms with E-state index in [-0.39, 0.29) is 25.1 Å². The van der Waals surface area contributed by atoms with Gasteiger partial charge in [0, 0.05) is 29.1 Å². The highest BCUT2D eigenvalue weighted by atomic mass is 35.5. The number of aliphatic hydroxyl groups excluding tert-OH is 1. The lowest BCUT2D eigenvalue weighted by Crippen LogP contribution is -2.26. The number of aromatic nitrogens is 1. The summed E-state index contributed by atoms with van der Waals surface area (Å²) in [6.45, 7) is -0.0659. The molecule has 1 atom stereocenters. The summed E-state index contributed by atoms with van der Waals surface area (Å²) in [7, 11) is 1.96. The number of aryl methyl sites for hydroxylation is 1. The van der Waals surface area contributed by atoms with Crippen LogP contribution in [0.2, 0.25) is 5.02 Å². The molecule has 24 heavy (non-hydrogen) atoms. The fraction of sp³-hybridized carbons (Fsp3) is 0.222. The zero-order valence-electron chi connectivity index (χ0n) is 13.3. The quantitative estimate of drug-likeness (QED) is 0.719. The molecule has 6 heteroatoms. The molecule has 0 amide bonds. The van der Waals surface area contributed by atoms with Crippen molar-refractivity contribution in [3.05, 3.63) is 59.1 Å². The number of nitrogens with two attached hydrogens (primary N) is 1. The average molecular weight is 367 g/mol. The largest absolute Gasteiger partial charge is 0.441 e. The van der Waals surface area contributed by atoms with E-state index in [1.54, 1.807) is 12.1 Å². The summed E-state index contributed by atoms with van der Waals surface area (Å²) < 4.78 is 8.10. The van der Waals surface area contributed by atoms with E-state index in [1.807, 2.05) is 48.0 Å². The van der Waals surface area contributed by atoms with Crippen molar-refractivity contribution in [3.63, 3.8) is 0 Å². The lowest BCUT2D eigenvalue weighted by molar-refractivity contribution is 0.264. The highest BCUT2D eigenvalue weighted by molar-refractivity contribution is 6.30. The van der Waals surface area contributed by atoms with Crippen molar-refractivity contribution in [1.29, 1.82) is 0 Å². The molecule has 128 valence electrons. The van der Waals surface area contributed by atoms with Gasteiger partial charge in [0.05, 0.1) is 12.1 Å².